The van der Waals surface area contributed by atoms with Gasteiger partial charge in [-0.2, -0.15) is 0 Å². The van der Waals surface area contributed by atoms with E-state index in [4.69, 9.17) is 0 Å². The molecule has 0 unspecified atom stereocenters. The Morgan fingerprint density at radius 2 is 1.56 bits per heavy atom. The topological polar surface area (TPSA) is 72.3 Å². The highest BCUT2D eigenvalue weighted by molar-refractivity contribution is 7.90. The Kier molecular flexibility index (Phi) is 7.70. The van der Waals surface area contributed by atoms with E-state index in [2.05, 4.69) is 4.98 Å². The lowest BCUT2D eigenvalue weighted by Gasteiger charge is -2.23. The van der Waals surface area contributed by atoms with E-state index < -0.39 is 9.84 Å². The van der Waals surface area contributed by atoms with Crippen molar-refractivity contribution >= 4 is 15.7 Å². The third-order valence-corrected chi connectivity index (χ3v) is 7.83. The molecule has 0 fully saturated rings. The van der Waals surface area contributed by atoms with Gasteiger partial charge in [0.2, 0.25) is 15.0 Å². The van der Waals surface area contributed by atoms with Crippen molar-refractivity contribution in [2.45, 2.75) is 44.8 Å². The molecule has 0 atom stereocenters. The Hall–Kier alpha value is -3.71. The van der Waals surface area contributed by atoms with Gasteiger partial charge in [0.05, 0.1) is 30.7 Å². The van der Waals surface area contributed by atoms with Crippen molar-refractivity contribution < 1.29 is 13.2 Å². The summed E-state index contributed by atoms with van der Waals surface area (Å²) in [4.78, 5) is 19.4. The summed E-state index contributed by atoms with van der Waals surface area (Å²) in [7, 11) is -3.73. The van der Waals surface area contributed by atoms with Crippen molar-refractivity contribution in [3.05, 3.63) is 119 Å². The van der Waals surface area contributed by atoms with E-state index in [1.54, 1.807) is 15.7 Å². The summed E-state index contributed by atoms with van der Waals surface area (Å²) < 4.78 is 28.7. The standard InChI is InChI=1S/C29H31N3O3S/c1-4-31(28(33)27-13-9-8-10-23(27)3)20-26-18-30-29(32(26)19-24-11-6-5-7-12-24)36(34,35)21-25-16-14-22(2)15-17-25/h5-18H,4,19-21H2,1-3H3. The van der Waals surface area contributed by atoms with Crippen LogP contribution >= 0.6 is 0 Å². The second-order valence-electron chi connectivity index (χ2n) is 8.98. The van der Waals surface area contributed by atoms with Gasteiger partial charge >= 0.3 is 0 Å². The highest BCUT2D eigenvalue weighted by Gasteiger charge is 2.26. The Morgan fingerprint density at radius 3 is 2.22 bits per heavy atom. The minimum Gasteiger partial charge on any atom is -0.333 e. The van der Waals surface area contributed by atoms with E-state index in [9.17, 15) is 13.2 Å². The fraction of sp³-hybridized carbons (Fsp3) is 0.241. The smallest absolute Gasteiger partial charge is 0.254 e. The fourth-order valence-corrected chi connectivity index (χ4v) is 5.67. The Balaban J connectivity index is 1.70. The van der Waals surface area contributed by atoms with Crippen molar-refractivity contribution in [2.75, 3.05) is 6.54 Å². The van der Waals surface area contributed by atoms with Crippen LogP contribution in [0.2, 0.25) is 0 Å². The number of sulfone groups is 1. The zero-order valence-corrected chi connectivity index (χ0v) is 21.7. The van der Waals surface area contributed by atoms with Crippen LogP contribution in [0.1, 0.15) is 45.2 Å². The number of benzene rings is 3. The van der Waals surface area contributed by atoms with Crippen LogP contribution in [0.15, 0.2) is 90.2 Å². The van der Waals surface area contributed by atoms with Crippen LogP contribution in [0.3, 0.4) is 0 Å². The number of amides is 1. The average Bonchev–Trinajstić information content (AvgIpc) is 3.27. The molecule has 1 heterocycles. The van der Waals surface area contributed by atoms with Gasteiger partial charge in [0.1, 0.15) is 0 Å². The summed E-state index contributed by atoms with van der Waals surface area (Å²) in [6, 6.07) is 24.6. The first-order valence-corrected chi connectivity index (χ1v) is 13.6. The third-order valence-electron chi connectivity index (χ3n) is 6.24. The van der Waals surface area contributed by atoms with Crippen LogP contribution in [-0.4, -0.2) is 35.3 Å². The van der Waals surface area contributed by atoms with E-state index in [-0.39, 0.29) is 23.4 Å². The van der Waals surface area contributed by atoms with Gasteiger partial charge in [-0.1, -0.05) is 78.4 Å². The third kappa shape index (κ3) is 5.74. The molecule has 1 amide bonds. The van der Waals surface area contributed by atoms with E-state index in [0.29, 0.717) is 29.9 Å². The SMILES string of the molecule is CCN(Cc1cnc(S(=O)(=O)Cc2ccc(C)cc2)n1Cc1ccccc1)C(=O)c1ccccc1C. The molecule has 3 aromatic carbocycles. The lowest BCUT2D eigenvalue weighted by Crippen LogP contribution is -2.32. The molecule has 1 aromatic heterocycles. The van der Waals surface area contributed by atoms with Gasteiger partial charge in [-0.15, -0.1) is 0 Å². The van der Waals surface area contributed by atoms with Crippen molar-refractivity contribution in [1.29, 1.82) is 0 Å². The summed E-state index contributed by atoms with van der Waals surface area (Å²) in [6.45, 7) is 6.88. The molecular formula is C29H31N3O3S. The first-order valence-electron chi connectivity index (χ1n) is 12.0. The maximum absolute atomic E-state index is 13.5. The summed E-state index contributed by atoms with van der Waals surface area (Å²) in [5, 5.41) is 0.0151. The second kappa shape index (κ2) is 10.9. The summed E-state index contributed by atoms with van der Waals surface area (Å²) in [6.07, 6.45) is 1.58. The summed E-state index contributed by atoms with van der Waals surface area (Å²) in [5.41, 5.74) is 4.95. The minimum absolute atomic E-state index is 0.0151. The number of carbonyl (C=O) groups is 1. The Labute approximate surface area is 213 Å². The van der Waals surface area contributed by atoms with Crippen LogP contribution in [0.4, 0.5) is 0 Å². The molecule has 7 heteroatoms. The highest BCUT2D eigenvalue weighted by atomic mass is 32.2. The van der Waals surface area contributed by atoms with Crippen molar-refractivity contribution in [2.24, 2.45) is 0 Å². The van der Waals surface area contributed by atoms with Crippen LogP contribution in [-0.2, 0) is 28.7 Å². The van der Waals surface area contributed by atoms with Crippen LogP contribution in [0.25, 0.3) is 0 Å². The fourth-order valence-electron chi connectivity index (χ4n) is 4.18. The summed E-state index contributed by atoms with van der Waals surface area (Å²) in [5.74, 6) is -0.231. The van der Waals surface area contributed by atoms with Crippen molar-refractivity contribution in [1.82, 2.24) is 14.5 Å². The van der Waals surface area contributed by atoms with Gasteiger partial charge in [-0.05, 0) is 43.5 Å². The maximum atomic E-state index is 13.5. The van der Waals surface area contributed by atoms with E-state index >= 15 is 0 Å². The molecule has 4 aromatic rings. The minimum atomic E-state index is -3.73. The number of imidazole rings is 1. The number of carbonyl (C=O) groups excluding carboxylic acids is 1. The van der Waals surface area contributed by atoms with Gasteiger partial charge in [0.15, 0.2) is 0 Å². The molecule has 6 nitrogen and oxygen atoms in total. The molecule has 0 spiro atoms. The normalized spacial score (nSPS) is 11.4. The predicted octanol–water partition coefficient (Wildman–Crippen LogP) is 5.18. The zero-order valence-electron chi connectivity index (χ0n) is 20.9. The van der Waals surface area contributed by atoms with Gasteiger partial charge in [-0.25, -0.2) is 13.4 Å². The highest BCUT2D eigenvalue weighted by Crippen LogP contribution is 2.22. The number of hydrogen-bond acceptors (Lipinski definition) is 4. The monoisotopic (exact) mass is 501 g/mol. The molecule has 0 aliphatic carbocycles. The Morgan fingerprint density at radius 1 is 0.889 bits per heavy atom. The molecule has 4 rings (SSSR count). The number of aryl methyl sites for hydroxylation is 2. The number of rotatable bonds is 9. The first-order chi connectivity index (χ1) is 17.3. The van der Waals surface area contributed by atoms with E-state index in [1.165, 1.54) is 0 Å². The molecule has 0 radical (unpaired) electrons. The zero-order chi connectivity index (χ0) is 25.7. The molecule has 0 N–H and O–H groups in total. The van der Waals surface area contributed by atoms with Gasteiger partial charge in [0, 0.05) is 12.1 Å². The van der Waals surface area contributed by atoms with Gasteiger partial charge in [0.25, 0.3) is 5.91 Å². The molecule has 0 saturated carbocycles. The quantitative estimate of drug-likeness (QED) is 0.317. The van der Waals surface area contributed by atoms with E-state index in [1.807, 2.05) is 99.6 Å². The van der Waals surface area contributed by atoms with Gasteiger partial charge in [-0.3, -0.25) is 4.79 Å². The largest absolute Gasteiger partial charge is 0.333 e. The lowest BCUT2D eigenvalue weighted by molar-refractivity contribution is 0.0748. The molecule has 0 saturated heterocycles. The van der Waals surface area contributed by atoms with E-state index in [0.717, 1.165) is 16.7 Å². The number of nitrogens with zero attached hydrogens (tertiary/aromatic N) is 3. The maximum Gasteiger partial charge on any atom is 0.254 e. The lowest BCUT2D eigenvalue weighted by atomic mass is 10.1. The Bertz CT molecular complexity index is 1440. The van der Waals surface area contributed by atoms with Crippen molar-refractivity contribution in [3.63, 3.8) is 0 Å². The molecule has 36 heavy (non-hydrogen) atoms. The molecule has 0 aliphatic heterocycles. The van der Waals surface area contributed by atoms with Gasteiger partial charge < -0.3 is 9.47 Å². The van der Waals surface area contributed by atoms with Crippen LogP contribution in [0.5, 0.6) is 0 Å². The number of aromatic nitrogens is 2. The molecule has 0 aliphatic rings. The molecule has 186 valence electrons. The number of hydrogen-bond donors (Lipinski definition) is 0. The first kappa shape index (κ1) is 25.4. The summed E-state index contributed by atoms with van der Waals surface area (Å²) >= 11 is 0. The second-order valence-corrected chi connectivity index (χ2v) is 10.9. The molecule has 0 bridgehead atoms. The molecular weight excluding hydrogens is 470 g/mol. The van der Waals surface area contributed by atoms with Crippen LogP contribution in [0, 0.1) is 13.8 Å². The predicted molar refractivity (Wildman–Crippen MR) is 141 cm³/mol. The average molecular weight is 502 g/mol. The van der Waals surface area contributed by atoms with Crippen LogP contribution < -0.4 is 0 Å². The van der Waals surface area contributed by atoms with Crippen molar-refractivity contribution in [3.8, 4) is 0 Å².